The zero-order valence-electron chi connectivity index (χ0n) is 14.6. The number of anilines is 1. The van der Waals surface area contributed by atoms with E-state index in [1.54, 1.807) is 30.3 Å². The number of nitrogens with zero attached hydrogens (tertiary/aromatic N) is 3. The van der Waals surface area contributed by atoms with Gasteiger partial charge >= 0.3 is 0 Å². The third-order valence-electron chi connectivity index (χ3n) is 4.21. The van der Waals surface area contributed by atoms with Crippen molar-refractivity contribution in [3.63, 3.8) is 0 Å². The van der Waals surface area contributed by atoms with Crippen molar-refractivity contribution in [2.45, 2.75) is 6.92 Å². The molecule has 28 heavy (non-hydrogen) atoms. The van der Waals surface area contributed by atoms with Gasteiger partial charge in [-0.15, -0.1) is 10.2 Å². The lowest BCUT2D eigenvalue weighted by molar-refractivity contribution is 0.102. The molecule has 0 fully saturated rings. The zero-order valence-corrected chi connectivity index (χ0v) is 16.1. The maximum Gasteiger partial charge on any atom is 0.257 e. The van der Waals surface area contributed by atoms with Crippen LogP contribution in [0.2, 0.25) is 10.0 Å². The third-order valence-corrected chi connectivity index (χ3v) is 4.76. The van der Waals surface area contributed by atoms with Crippen LogP contribution in [-0.2, 0) is 0 Å². The van der Waals surface area contributed by atoms with Gasteiger partial charge in [0, 0.05) is 10.7 Å². The number of carbonyl (C=O) groups is 1. The summed E-state index contributed by atoms with van der Waals surface area (Å²) in [5.41, 5.74) is 3.61. The first kappa shape index (κ1) is 18.4. The predicted octanol–water partition coefficient (Wildman–Crippen LogP) is 5.43. The van der Waals surface area contributed by atoms with Gasteiger partial charge in [0.2, 0.25) is 0 Å². The Morgan fingerprint density at radius 1 is 1.00 bits per heavy atom. The van der Waals surface area contributed by atoms with E-state index in [-0.39, 0.29) is 16.7 Å². The van der Waals surface area contributed by atoms with Crippen molar-refractivity contribution >= 4 is 45.8 Å². The van der Waals surface area contributed by atoms with Crippen LogP contribution in [-0.4, -0.2) is 20.9 Å². The molecule has 3 aromatic carbocycles. The van der Waals surface area contributed by atoms with E-state index in [4.69, 9.17) is 23.2 Å². The van der Waals surface area contributed by atoms with Gasteiger partial charge < -0.3 is 5.32 Å². The van der Waals surface area contributed by atoms with Gasteiger partial charge in [0.15, 0.2) is 0 Å². The SMILES string of the molecule is Cc1cc2nn(-c3ccc(F)cc3)nc2cc1NC(=O)c1ccc(Cl)cc1Cl. The van der Waals surface area contributed by atoms with Crippen LogP contribution in [0, 0.1) is 12.7 Å². The minimum Gasteiger partial charge on any atom is -0.322 e. The molecule has 0 unspecified atom stereocenters. The Labute approximate surface area is 169 Å². The molecule has 0 atom stereocenters. The molecule has 0 bridgehead atoms. The smallest absolute Gasteiger partial charge is 0.257 e. The van der Waals surface area contributed by atoms with Crippen molar-refractivity contribution in [2.24, 2.45) is 0 Å². The number of aromatic nitrogens is 3. The largest absolute Gasteiger partial charge is 0.322 e. The van der Waals surface area contributed by atoms with Gasteiger partial charge in [0.05, 0.1) is 16.3 Å². The lowest BCUT2D eigenvalue weighted by Crippen LogP contribution is -2.13. The van der Waals surface area contributed by atoms with Crippen LogP contribution >= 0.6 is 23.2 Å². The first-order valence-corrected chi connectivity index (χ1v) is 9.06. The maximum atomic E-state index is 13.1. The summed E-state index contributed by atoms with van der Waals surface area (Å²) < 4.78 is 13.1. The molecule has 0 aliphatic carbocycles. The van der Waals surface area contributed by atoms with E-state index in [1.807, 2.05) is 13.0 Å². The van der Waals surface area contributed by atoms with Gasteiger partial charge in [0.25, 0.3) is 5.91 Å². The normalized spacial score (nSPS) is 11.0. The minimum absolute atomic E-state index is 0.269. The summed E-state index contributed by atoms with van der Waals surface area (Å²) in [6.45, 7) is 1.86. The summed E-state index contributed by atoms with van der Waals surface area (Å²) in [7, 11) is 0. The van der Waals surface area contributed by atoms with Gasteiger partial charge in [-0.1, -0.05) is 23.2 Å². The van der Waals surface area contributed by atoms with Crippen molar-refractivity contribution in [1.29, 1.82) is 0 Å². The fourth-order valence-corrected chi connectivity index (χ4v) is 3.25. The molecule has 0 aliphatic rings. The summed E-state index contributed by atoms with van der Waals surface area (Å²) in [6, 6.07) is 14.1. The number of hydrogen-bond acceptors (Lipinski definition) is 3. The second-order valence-corrected chi connectivity index (χ2v) is 7.04. The molecule has 0 saturated heterocycles. The monoisotopic (exact) mass is 414 g/mol. The lowest BCUT2D eigenvalue weighted by Gasteiger charge is -2.09. The predicted molar refractivity (Wildman–Crippen MR) is 108 cm³/mol. The molecule has 0 radical (unpaired) electrons. The van der Waals surface area contributed by atoms with Crippen LogP contribution in [0.15, 0.2) is 54.6 Å². The molecule has 0 aliphatic heterocycles. The first-order chi connectivity index (χ1) is 13.4. The average molecular weight is 415 g/mol. The number of carbonyl (C=O) groups excluding carboxylic acids is 1. The summed E-state index contributed by atoms with van der Waals surface area (Å²) in [5, 5.41) is 12.4. The Hall–Kier alpha value is -2.96. The highest BCUT2D eigenvalue weighted by molar-refractivity contribution is 6.37. The number of rotatable bonds is 3. The number of fused-ring (bicyclic) bond motifs is 1. The van der Waals surface area contributed by atoms with E-state index in [1.165, 1.54) is 23.0 Å². The number of amides is 1. The summed E-state index contributed by atoms with van der Waals surface area (Å²) in [6.07, 6.45) is 0. The van der Waals surface area contributed by atoms with Gasteiger partial charge in [0.1, 0.15) is 16.9 Å². The third kappa shape index (κ3) is 3.56. The van der Waals surface area contributed by atoms with E-state index >= 15 is 0 Å². The second-order valence-electron chi connectivity index (χ2n) is 6.20. The lowest BCUT2D eigenvalue weighted by atomic mass is 10.1. The fourth-order valence-electron chi connectivity index (χ4n) is 2.76. The number of nitrogens with one attached hydrogen (secondary N) is 1. The molecule has 0 spiro atoms. The Morgan fingerprint density at radius 2 is 1.68 bits per heavy atom. The van der Waals surface area contributed by atoms with Gasteiger partial charge in [-0.05, 0) is 67.1 Å². The molecular formula is C20H13Cl2FN4O. The quantitative estimate of drug-likeness (QED) is 0.486. The average Bonchev–Trinajstić information content (AvgIpc) is 3.05. The zero-order chi connectivity index (χ0) is 19.8. The molecule has 5 nitrogen and oxygen atoms in total. The number of hydrogen-bond donors (Lipinski definition) is 1. The van der Waals surface area contributed by atoms with Crippen LogP contribution < -0.4 is 5.32 Å². The van der Waals surface area contributed by atoms with Crippen molar-refractivity contribution in [2.75, 3.05) is 5.32 Å². The first-order valence-electron chi connectivity index (χ1n) is 8.31. The number of halogens is 3. The molecule has 140 valence electrons. The standard InChI is InChI=1S/C20H13Cl2FN4O/c1-11-8-18-19(26-27(25-18)14-5-3-13(23)4-6-14)10-17(11)24-20(28)15-7-2-12(21)9-16(15)22/h2-10H,1H3,(H,24,28). The Morgan fingerprint density at radius 3 is 2.36 bits per heavy atom. The summed E-state index contributed by atoms with van der Waals surface area (Å²) in [5.74, 6) is -0.683. The number of benzene rings is 3. The Balaban J connectivity index is 1.67. The molecule has 1 amide bonds. The van der Waals surface area contributed by atoms with Crippen LogP contribution in [0.4, 0.5) is 10.1 Å². The van der Waals surface area contributed by atoms with Crippen LogP contribution in [0.1, 0.15) is 15.9 Å². The highest BCUT2D eigenvalue weighted by atomic mass is 35.5. The van der Waals surface area contributed by atoms with E-state index in [9.17, 15) is 9.18 Å². The molecule has 4 aromatic rings. The van der Waals surface area contributed by atoms with Crippen molar-refractivity contribution in [1.82, 2.24) is 15.0 Å². The van der Waals surface area contributed by atoms with Gasteiger partial charge in [-0.25, -0.2) is 4.39 Å². The number of aryl methyl sites for hydroxylation is 1. The van der Waals surface area contributed by atoms with Gasteiger partial charge in [-0.2, -0.15) is 4.80 Å². The molecule has 1 N–H and O–H groups in total. The second kappa shape index (κ2) is 7.22. The Bertz CT molecular complexity index is 1210. The van der Waals surface area contributed by atoms with Crippen molar-refractivity contribution in [3.05, 3.63) is 81.6 Å². The molecular weight excluding hydrogens is 402 g/mol. The molecule has 8 heteroatoms. The van der Waals surface area contributed by atoms with E-state index in [0.717, 1.165) is 5.56 Å². The van der Waals surface area contributed by atoms with Crippen molar-refractivity contribution < 1.29 is 9.18 Å². The molecule has 1 aromatic heterocycles. The Kier molecular flexibility index (Phi) is 4.75. The topological polar surface area (TPSA) is 59.8 Å². The fraction of sp³-hybridized carbons (Fsp3) is 0.0500. The van der Waals surface area contributed by atoms with Gasteiger partial charge in [-0.3, -0.25) is 4.79 Å². The molecule has 0 saturated carbocycles. The van der Waals surface area contributed by atoms with E-state index in [2.05, 4.69) is 15.5 Å². The van der Waals surface area contributed by atoms with Crippen LogP contribution in [0.5, 0.6) is 0 Å². The van der Waals surface area contributed by atoms with Crippen LogP contribution in [0.3, 0.4) is 0 Å². The van der Waals surface area contributed by atoms with Crippen molar-refractivity contribution in [3.8, 4) is 5.69 Å². The molecule has 4 rings (SSSR count). The highest BCUT2D eigenvalue weighted by Crippen LogP contribution is 2.25. The summed E-state index contributed by atoms with van der Waals surface area (Å²) in [4.78, 5) is 14.0. The van der Waals surface area contributed by atoms with E-state index < -0.39 is 0 Å². The van der Waals surface area contributed by atoms with E-state index in [0.29, 0.717) is 33.0 Å². The minimum atomic E-state index is -0.352. The maximum absolute atomic E-state index is 13.1. The molecule has 1 heterocycles. The highest BCUT2D eigenvalue weighted by Gasteiger charge is 2.14. The summed E-state index contributed by atoms with van der Waals surface area (Å²) >= 11 is 12.0. The van der Waals surface area contributed by atoms with Crippen LogP contribution in [0.25, 0.3) is 16.7 Å².